The van der Waals surface area contributed by atoms with Crippen LogP contribution in [0.3, 0.4) is 0 Å². The van der Waals surface area contributed by atoms with Gasteiger partial charge in [-0.05, 0) is 43.1 Å². The van der Waals surface area contributed by atoms with Gasteiger partial charge < -0.3 is 19.3 Å². The fourth-order valence-corrected chi connectivity index (χ4v) is 5.23. The molecule has 2 saturated carbocycles. The fraction of sp³-hybridized carbons (Fsp3) is 0.600. The highest BCUT2D eigenvalue weighted by atomic mass is 16.8. The van der Waals surface area contributed by atoms with Crippen molar-refractivity contribution in [1.29, 1.82) is 0 Å². The Hall–Kier alpha value is -2.50. The van der Waals surface area contributed by atoms with E-state index in [1.807, 2.05) is 30.3 Å². The number of carbonyl (C=O) groups excluding carboxylic acids is 1. The highest BCUT2D eigenvalue weighted by molar-refractivity contribution is 6.01. The van der Waals surface area contributed by atoms with E-state index in [1.54, 1.807) is 0 Å². The quantitative estimate of drug-likeness (QED) is 0.488. The molecular formula is C25H32O6. The Morgan fingerprint density at radius 2 is 1.55 bits per heavy atom. The van der Waals surface area contributed by atoms with Crippen molar-refractivity contribution in [1.82, 2.24) is 0 Å². The van der Waals surface area contributed by atoms with Crippen molar-refractivity contribution in [3.05, 3.63) is 47.9 Å². The number of hydrogen-bond donors (Lipinski definition) is 1. The van der Waals surface area contributed by atoms with Crippen molar-refractivity contribution < 1.29 is 28.9 Å². The number of carboxylic acid groups (broad SMARTS) is 1. The van der Waals surface area contributed by atoms with E-state index in [0.29, 0.717) is 12.2 Å². The summed E-state index contributed by atoms with van der Waals surface area (Å²) in [5.41, 5.74) is 0.939. The van der Waals surface area contributed by atoms with Gasteiger partial charge in [-0.2, -0.15) is 0 Å². The van der Waals surface area contributed by atoms with Crippen LogP contribution in [0.25, 0.3) is 0 Å². The Morgan fingerprint density at radius 1 is 0.968 bits per heavy atom. The normalized spacial score (nSPS) is 24.9. The van der Waals surface area contributed by atoms with Crippen LogP contribution in [0, 0.1) is 11.8 Å². The van der Waals surface area contributed by atoms with Crippen molar-refractivity contribution in [2.75, 3.05) is 0 Å². The van der Waals surface area contributed by atoms with Crippen LogP contribution in [0.5, 0.6) is 0 Å². The van der Waals surface area contributed by atoms with E-state index in [4.69, 9.17) is 14.2 Å². The van der Waals surface area contributed by atoms with Gasteiger partial charge in [0, 0.05) is 6.42 Å². The molecule has 0 amide bonds. The van der Waals surface area contributed by atoms with Gasteiger partial charge >= 0.3 is 17.7 Å². The van der Waals surface area contributed by atoms with Gasteiger partial charge in [-0.15, -0.1) is 0 Å². The molecule has 1 unspecified atom stereocenters. The van der Waals surface area contributed by atoms with Crippen LogP contribution >= 0.6 is 0 Å². The first-order valence-corrected chi connectivity index (χ1v) is 11.6. The molecule has 6 nitrogen and oxygen atoms in total. The summed E-state index contributed by atoms with van der Waals surface area (Å²) in [6.45, 7) is 0. The van der Waals surface area contributed by atoms with Crippen LogP contribution in [0.2, 0.25) is 0 Å². The van der Waals surface area contributed by atoms with E-state index in [1.165, 1.54) is 19.1 Å². The fourth-order valence-electron chi connectivity index (χ4n) is 5.23. The van der Waals surface area contributed by atoms with Gasteiger partial charge in [0.25, 0.3) is 0 Å². The Labute approximate surface area is 183 Å². The van der Waals surface area contributed by atoms with Gasteiger partial charge in [0.1, 0.15) is 18.1 Å². The number of carboxylic acids is 1. The summed E-state index contributed by atoms with van der Waals surface area (Å²) in [4.78, 5) is 25.3. The van der Waals surface area contributed by atoms with Crippen molar-refractivity contribution in [2.24, 2.45) is 11.8 Å². The van der Waals surface area contributed by atoms with Gasteiger partial charge in [-0.25, -0.2) is 9.59 Å². The summed E-state index contributed by atoms with van der Waals surface area (Å²) in [6.07, 6.45) is 12.3. The third-order valence-electron chi connectivity index (χ3n) is 6.87. The van der Waals surface area contributed by atoms with Gasteiger partial charge in [-0.1, -0.05) is 68.9 Å². The first-order chi connectivity index (χ1) is 15.1. The van der Waals surface area contributed by atoms with E-state index in [0.717, 1.165) is 56.9 Å². The molecule has 0 spiro atoms. The zero-order valence-corrected chi connectivity index (χ0v) is 18.0. The minimum Gasteiger partial charge on any atom is -0.475 e. The highest BCUT2D eigenvalue weighted by Crippen LogP contribution is 2.39. The monoisotopic (exact) mass is 428 g/mol. The molecule has 1 aromatic rings. The largest absolute Gasteiger partial charge is 0.475 e. The summed E-state index contributed by atoms with van der Waals surface area (Å²) in [5.74, 6) is -4.01. The first kappa shape index (κ1) is 21.7. The van der Waals surface area contributed by atoms with Crippen molar-refractivity contribution >= 4 is 11.9 Å². The third kappa shape index (κ3) is 4.89. The molecule has 2 aliphatic carbocycles. The molecule has 4 rings (SSSR count). The Morgan fingerprint density at radius 3 is 2.10 bits per heavy atom. The molecule has 1 heterocycles. The average Bonchev–Trinajstić information content (AvgIpc) is 3.24. The lowest BCUT2D eigenvalue weighted by atomic mass is 9.75. The SMILES string of the molecule is O=C(O)C1(C(=O)OC(C2CCCCC2)C2CCCCC2)OC=C(Cc2ccccc2)O1. The molecule has 1 aromatic carbocycles. The molecule has 3 aliphatic rings. The Kier molecular flexibility index (Phi) is 6.83. The molecule has 6 heteroatoms. The summed E-state index contributed by atoms with van der Waals surface area (Å²) in [7, 11) is 0. The maximum Gasteiger partial charge on any atom is 0.452 e. The molecule has 31 heavy (non-hydrogen) atoms. The molecule has 0 bridgehead atoms. The molecule has 2 fully saturated rings. The van der Waals surface area contributed by atoms with Gasteiger partial charge in [0.2, 0.25) is 0 Å². The van der Waals surface area contributed by atoms with Crippen LogP contribution in [0.4, 0.5) is 0 Å². The molecule has 1 N–H and O–H groups in total. The van der Waals surface area contributed by atoms with Gasteiger partial charge in [0.15, 0.2) is 0 Å². The average molecular weight is 429 g/mol. The lowest BCUT2D eigenvalue weighted by Crippen LogP contribution is -2.52. The van der Waals surface area contributed by atoms with E-state index in [2.05, 4.69) is 0 Å². The topological polar surface area (TPSA) is 82.1 Å². The summed E-state index contributed by atoms with van der Waals surface area (Å²) in [6, 6.07) is 9.50. The second-order valence-corrected chi connectivity index (χ2v) is 9.05. The number of aliphatic carboxylic acids is 1. The zero-order chi connectivity index (χ0) is 21.7. The minimum atomic E-state index is -2.45. The smallest absolute Gasteiger partial charge is 0.452 e. The second kappa shape index (κ2) is 9.75. The summed E-state index contributed by atoms with van der Waals surface area (Å²) < 4.78 is 17.0. The molecule has 0 saturated heterocycles. The number of hydrogen-bond acceptors (Lipinski definition) is 5. The van der Waals surface area contributed by atoms with Crippen molar-refractivity contribution in [3.63, 3.8) is 0 Å². The van der Waals surface area contributed by atoms with Crippen LogP contribution in [0.15, 0.2) is 42.4 Å². The predicted molar refractivity (Wildman–Crippen MR) is 114 cm³/mol. The lowest BCUT2D eigenvalue weighted by molar-refractivity contribution is -0.223. The number of allylic oxidation sites excluding steroid dienone is 1. The number of ether oxygens (including phenoxy) is 3. The first-order valence-electron chi connectivity index (χ1n) is 11.6. The number of rotatable bonds is 7. The highest BCUT2D eigenvalue weighted by Gasteiger charge is 2.58. The number of carbonyl (C=O) groups is 2. The van der Waals surface area contributed by atoms with E-state index >= 15 is 0 Å². The third-order valence-corrected chi connectivity index (χ3v) is 6.87. The maximum absolute atomic E-state index is 13.2. The molecule has 168 valence electrons. The van der Waals surface area contributed by atoms with E-state index in [-0.39, 0.29) is 17.9 Å². The molecule has 0 aromatic heterocycles. The van der Waals surface area contributed by atoms with Crippen LogP contribution < -0.4 is 0 Å². The van der Waals surface area contributed by atoms with Crippen molar-refractivity contribution in [3.8, 4) is 0 Å². The van der Waals surface area contributed by atoms with Gasteiger partial charge in [-0.3, -0.25) is 0 Å². The zero-order valence-electron chi connectivity index (χ0n) is 18.0. The van der Waals surface area contributed by atoms with Gasteiger partial charge in [0.05, 0.1) is 0 Å². The number of benzene rings is 1. The Balaban J connectivity index is 1.48. The molecule has 0 radical (unpaired) electrons. The minimum absolute atomic E-state index is 0.269. The van der Waals surface area contributed by atoms with Crippen LogP contribution in [-0.2, 0) is 30.2 Å². The van der Waals surface area contributed by atoms with Crippen LogP contribution in [0.1, 0.15) is 69.8 Å². The standard InChI is InChI=1S/C25H32O6/c26-23(27)25(29-17-21(31-25)16-18-10-4-1-5-11-18)24(28)30-22(19-12-6-2-7-13-19)20-14-8-3-9-15-20/h1,4-5,10-11,17,19-20,22H,2-3,6-9,12-16H2,(H,26,27). The van der Waals surface area contributed by atoms with Crippen LogP contribution in [-0.4, -0.2) is 28.9 Å². The lowest BCUT2D eigenvalue weighted by Gasteiger charge is -2.38. The molecular weight excluding hydrogens is 396 g/mol. The molecule has 1 aliphatic heterocycles. The maximum atomic E-state index is 13.2. The summed E-state index contributed by atoms with van der Waals surface area (Å²) in [5, 5.41) is 9.87. The van der Waals surface area contributed by atoms with Crippen molar-refractivity contribution in [2.45, 2.75) is 82.5 Å². The van der Waals surface area contributed by atoms with E-state index < -0.39 is 17.7 Å². The predicted octanol–water partition coefficient (Wildman–Crippen LogP) is 4.97. The molecule has 1 atom stereocenters. The summed E-state index contributed by atoms with van der Waals surface area (Å²) >= 11 is 0. The Bertz CT molecular complexity index is 773. The van der Waals surface area contributed by atoms with E-state index in [9.17, 15) is 14.7 Å². The second-order valence-electron chi connectivity index (χ2n) is 9.05. The number of esters is 1.